The Morgan fingerprint density at radius 2 is 2.11 bits per heavy atom. The lowest BCUT2D eigenvalue weighted by atomic mass is 10.5. The number of aromatic nitrogens is 4. The van der Waals surface area contributed by atoms with Crippen molar-refractivity contribution in [3.05, 3.63) is 18.0 Å². The lowest BCUT2D eigenvalue weighted by molar-refractivity contribution is -0.146. The minimum atomic E-state index is -4.59. The highest BCUT2D eigenvalue weighted by atomic mass is 19.4. The molecule has 0 aliphatic heterocycles. The number of fused-ring (bicyclic) bond motifs is 1. The Kier molecular flexibility index (Phi) is 3.32. The lowest BCUT2D eigenvalue weighted by Gasteiger charge is -2.06. The van der Waals surface area contributed by atoms with Crippen LogP contribution < -0.4 is 5.32 Å². The zero-order valence-corrected chi connectivity index (χ0v) is 9.40. The van der Waals surface area contributed by atoms with Gasteiger partial charge in [-0.1, -0.05) is 0 Å². The van der Waals surface area contributed by atoms with E-state index in [4.69, 9.17) is 4.74 Å². The lowest BCUT2D eigenvalue weighted by Crippen LogP contribution is -2.14. The first-order chi connectivity index (χ1) is 8.52. The van der Waals surface area contributed by atoms with Gasteiger partial charge in [0.2, 0.25) is 0 Å². The van der Waals surface area contributed by atoms with Crippen LogP contribution in [0.1, 0.15) is 5.82 Å². The van der Waals surface area contributed by atoms with Crippen molar-refractivity contribution in [1.82, 2.24) is 19.8 Å². The number of nitrogens with zero attached hydrogens (tertiary/aromatic N) is 4. The van der Waals surface area contributed by atoms with Crippen molar-refractivity contribution in [3.63, 3.8) is 0 Å². The Morgan fingerprint density at radius 3 is 2.78 bits per heavy atom. The molecule has 18 heavy (non-hydrogen) atoms. The predicted octanol–water partition coefficient (Wildman–Crippen LogP) is 1.20. The predicted molar refractivity (Wildman–Crippen MR) is 56.1 cm³/mol. The second-order valence-electron chi connectivity index (χ2n) is 3.43. The van der Waals surface area contributed by atoms with Crippen LogP contribution in [-0.4, -0.2) is 40.1 Å². The van der Waals surface area contributed by atoms with Crippen molar-refractivity contribution in [2.24, 2.45) is 0 Å². The Bertz CT molecular complexity index is 538. The van der Waals surface area contributed by atoms with E-state index >= 15 is 0 Å². The van der Waals surface area contributed by atoms with Crippen molar-refractivity contribution >= 4 is 11.5 Å². The largest absolute Gasteiger partial charge is 0.453 e. The summed E-state index contributed by atoms with van der Waals surface area (Å²) in [6.07, 6.45) is -4.59. The van der Waals surface area contributed by atoms with E-state index in [2.05, 4.69) is 20.6 Å². The topological polar surface area (TPSA) is 64.3 Å². The van der Waals surface area contributed by atoms with E-state index in [0.29, 0.717) is 23.5 Å². The zero-order valence-electron chi connectivity index (χ0n) is 9.40. The molecule has 1 N–H and O–H groups in total. The molecule has 0 amide bonds. The fraction of sp³-hybridized carbons (Fsp3) is 0.444. The average molecular weight is 261 g/mol. The van der Waals surface area contributed by atoms with E-state index in [1.54, 1.807) is 0 Å². The number of halogens is 3. The molecule has 6 nitrogen and oxygen atoms in total. The Balaban J connectivity index is 2.31. The maximum absolute atomic E-state index is 12.6. The van der Waals surface area contributed by atoms with E-state index < -0.39 is 12.0 Å². The minimum absolute atomic E-state index is 0.0413. The normalized spacial score (nSPS) is 12.0. The number of hydrogen-bond acceptors (Lipinski definition) is 5. The molecule has 0 aliphatic rings. The quantitative estimate of drug-likeness (QED) is 0.838. The molecule has 0 aromatic carbocycles. The van der Waals surface area contributed by atoms with Gasteiger partial charge >= 0.3 is 6.18 Å². The number of ether oxygens (including phenoxy) is 1. The Morgan fingerprint density at radius 1 is 1.33 bits per heavy atom. The maximum atomic E-state index is 12.6. The molecule has 0 unspecified atom stereocenters. The van der Waals surface area contributed by atoms with Gasteiger partial charge in [-0.3, -0.25) is 0 Å². The SMILES string of the molecule is COCCNc1ccc2nnc(C(F)(F)F)n2n1. The van der Waals surface area contributed by atoms with Crippen LogP contribution >= 0.6 is 0 Å². The third-order valence-electron chi connectivity index (χ3n) is 2.13. The molecular formula is C9H10F3N5O. The highest BCUT2D eigenvalue weighted by Crippen LogP contribution is 2.27. The van der Waals surface area contributed by atoms with Crippen LogP contribution in [0.3, 0.4) is 0 Å². The number of hydrogen-bond donors (Lipinski definition) is 1. The second kappa shape index (κ2) is 4.77. The summed E-state index contributed by atoms with van der Waals surface area (Å²) in [6, 6.07) is 2.93. The van der Waals surface area contributed by atoms with Gasteiger partial charge in [0.25, 0.3) is 5.82 Å². The number of methoxy groups -OCH3 is 1. The summed E-state index contributed by atoms with van der Waals surface area (Å²) >= 11 is 0. The fourth-order valence-electron chi connectivity index (χ4n) is 1.34. The van der Waals surface area contributed by atoms with Crippen molar-refractivity contribution < 1.29 is 17.9 Å². The van der Waals surface area contributed by atoms with Crippen LogP contribution in [0.4, 0.5) is 19.0 Å². The molecule has 2 aromatic heterocycles. The average Bonchev–Trinajstić information content (AvgIpc) is 2.72. The van der Waals surface area contributed by atoms with Gasteiger partial charge in [0.1, 0.15) is 5.82 Å². The molecule has 0 bridgehead atoms. The van der Waals surface area contributed by atoms with E-state index in [0.717, 1.165) is 0 Å². The highest BCUT2D eigenvalue weighted by Gasteiger charge is 2.37. The van der Waals surface area contributed by atoms with Crippen molar-refractivity contribution in [2.75, 3.05) is 25.6 Å². The monoisotopic (exact) mass is 261 g/mol. The summed E-state index contributed by atoms with van der Waals surface area (Å²) in [5.41, 5.74) is 0.0413. The standard InChI is InChI=1S/C9H10F3N5O/c1-18-5-4-13-6-2-3-7-14-15-8(9(10,11)12)17(7)16-6/h2-3H,4-5H2,1H3,(H,13,16). The van der Waals surface area contributed by atoms with Gasteiger partial charge in [0.05, 0.1) is 6.61 Å². The highest BCUT2D eigenvalue weighted by molar-refractivity contribution is 5.44. The smallest absolute Gasteiger partial charge is 0.383 e. The van der Waals surface area contributed by atoms with Crippen molar-refractivity contribution in [2.45, 2.75) is 6.18 Å². The molecule has 0 fully saturated rings. The number of anilines is 1. The van der Waals surface area contributed by atoms with Gasteiger partial charge < -0.3 is 10.1 Å². The minimum Gasteiger partial charge on any atom is -0.383 e. The molecule has 2 aromatic rings. The molecule has 0 saturated heterocycles. The number of rotatable bonds is 4. The first-order valence-electron chi connectivity index (χ1n) is 5.05. The molecule has 0 saturated carbocycles. The third-order valence-corrected chi connectivity index (χ3v) is 2.13. The maximum Gasteiger partial charge on any atom is 0.453 e. The summed E-state index contributed by atoms with van der Waals surface area (Å²) in [7, 11) is 1.53. The molecule has 2 rings (SSSR count). The van der Waals surface area contributed by atoms with Gasteiger partial charge in [-0.05, 0) is 12.1 Å². The molecule has 0 aliphatic carbocycles. The molecule has 0 spiro atoms. The van der Waals surface area contributed by atoms with E-state index in [-0.39, 0.29) is 5.65 Å². The zero-order chi connectivity index (χ0) is 13.2. The molecule has 9 heteroatoms. The summed E-state index contributed by atoms with van der Waals surface area (Å²) in [4.78, 5) is 0. The first kappa shape index (κ1) is 12.6. The fourth-order valence-corrected chi connectivity index (χ4v) is 1.34. The van der Waals surface area contributed by atoms with Crippen molar-refractivity contribution in [3.8, 4) is 0 Å². The van der Waals surface area contributed by atoms with Gasteiger partial charge in [0, 0.05) is 13.7 Å². The Hall–Kier alpha value is -1.90. The second-order valence-corrected chi connectivity index (χ2v) is 3.43. The van der Waals surface area contributed by atoms with E-state index in [1.807, 2.05) is 0 Å². The molecule has 0 atom stereocenters. The summed E-state index contributed by atoms with van der Waals surface area (Å²) in [5, 5.41) is 13.1. The number of alkyl halides is 3. The molecule has 2 heterocycles. The van der Waals surface area contributed by atoms with Crippen LogP contribution in [0.5, 0.6) is 0 Å². The van der Waals surface area contributed by atoms with Gasteiger partial charge in [-0.2, -0.15) is 17.7 Å². The van der Waals surface area contributed by atoms with Crippen LogP contribution in [0.15, 0.2) is 12.1 Å². The Labute approximate surface area is 99.8 Å². The van der Waals surface area contributed by atoms with Gasteiger partial charge in [0.15, 0.2) is 5.65 Å². The summed E-state index contributed by atoms with van der Waals surface area (Å²) < 4.78 is 43.2. The number of nitrogens with one attached hydrogen (secondary N) is 1. The van der Waals surface area contributed by atoms with Gasteiger partial charge in [-0.15, -0.1) is 15.3 Å². The molecule has 98 valence electrons. The summed E-state index contributed by atoms with van der Waals surface area (Å²) in [6.45, 7) is 0.868. The molecular weight excluding hydrogens is 251 g/mol. The van der Waals surface area contributed by atoms with Crippen molar-refractivity contribution in [1.29, 1.82) is 0 Å². The first-order valence-corrected chi connectivity index (χ1v) is 5.05. The molecule has 0 radical (unpaired) electrons. The van der Waals surface area contributed by atoms with Gasteiger partial charge in [-0.25, -0.2) is 0 Å². The summed E-state index contributed by atoms with van der Waals surface area (Å²) in [5.74, 6) is -0.849. The van der Waals surface area contributed by atoms with Crippen LogP contribution in [0.25, 0.3) is 5.65 Å². The van der Waals surface area contributed by atoms with Crippen LogP contribution in [-0.2, 0) is 10.9 Å². The third kappa shape index (κ3) is 2.50. The van der Waals surface area contributed by atoms with Crippen LogP contribution in [0.2, 0.25) is 0 Å². The van der Waals surface area contributed by atoms with Crippen LogP contribution in [0, 0.1) is 0 Å². The van der Waals surface area contributed by atoms with E-state index in [1.165, 1.54) is 19.2 Å². The van der Waals surface area contributed by atoms with E-state index in [9.17, 15) is 13.2 Å².